The molecule has 5 heteroatoms. The second-order valence-corrected chi connectivity index (χ2v) is 4.35. The lowest BCUT2D eigenvalue weighted by atomic mass is 10.0. The molecule has 0 aliphatic rings. The minimum Gasteiger partial charge on any atom is -0.493 e. The summed E-state index contributed by atoms with van der Waals surface area (Å²) in [6.07, 6.45) is 2.63. The van der Waals surface area contributed by atoms with Gasteiger partial charge in [0.2, 0.25) is 0 Å². The second kappa shape index (κ2) is 7.04. The molecule has 0 amide bonds. The predicted molar refractivity (Wildman–Crippen MR) is 75.1 cm³/mol. The first-order valence-electron chi connectivity index (χ1n) is 5.88. The molecule has 0 saturated heterocycles. The Balaban J connectivity index is 3.34. The molecule has 0 radical (unpaired) electrons. The number of carboxylic acid groups (broad SMARTS) is 1. The van der Waals surface area contributed by atoms with Crippen LogP contribution < -0.4 is 9.47 Å². The van der Waals surface area contributed by atoms with Gasteiger partial charge in [-0.25, -0.2) is 4.79 Å². The second-order valence-electron chi connectivity index (χ2n) is 3.94. The lowest BCUT2D eigenvalue weighted by Crippen LogP contribution is -1.97. The molecule has 0 bridgehead atoms. The number of methoxy groups -OCH3 is 2. The molecule has 1 N–H and O–H groups in total. The summed E-state index contributed by atoms with van der Waals surface area (Å²) in [6, 6.07) is 3.33. The molecular formula is C14H17ClO4. The molecule has 0 atom stereocenters. The van der Waals surface area contributed by atoms with E-state index in [4.69, 9.17) is 26.2 Å². The SMILES string of the molecule is CCC/C(=C\C(=O)O)c1cc(OC)c(OC)cc1Cl. The average molecular weight is 285 g/mol. The monoisotopic (exact) mass is 284 g/mol. The Hall–Kier alpha value is -1.68. The van der Waals surface area contributed by atoms with Crippen LogP contribution in [0, 0.1) is 0 Å². The minimum atomic E-state index is -0.991. The van der Waals surface area contributed by atoms with E-state index in [9.17, 15) is 4.79 Å². The van der Waals surface area contributed by atoms with Crippen LogP contribution in [0.4, 0.5) is 0 Å². The zero-order valence-electron chi connectivity index (χ0n) is 11.2. The number of carbonyl (C=O) groups is 1. The Bertz CT molecular complexity index is 494. The van der Waals surface area contributed by atoms with Crippen LogP contribution in [-0.2, 0) is 4.79 Å². The van der Waals surface area contributed by atoms with Crippen LogP contribution in [-0.4, -0.2) is 25.3 Å². The van der Waals surface area contributed by atoms with E-state index in [1.165, 1.54) is 20.3 Å². The molecule has 19 heavy (non-hydrogen) atoms. The van der Waals surface area contributed by atoms with Gasteiger partial charge in [-0.2, -0.15) is 0 Å². The van der Waals surface area contributed by atoms with E-state index >= 15 is 0 Å². The standard InChI is InChI=1S/C14H17ClO4/c1-4-5-9(6-14(16)17)10-7-12(18-2)13(19-3)8-11(10)15/h6-8H,4-5H2,1-3H3,(H,16,17)/b9-6+. The molecule has 0 spiro atoms. The van der Waals surface area contributed by atoms with Gasteiger partial charge >= 0.3 is 5.97 Å². The fourth-order valence-corrected chi connectivity index (χ4v) is 2.08. The normalized spacial score (nSPS) is 11.3. The van der Waals surface area contributed by atoms with Crippen molar-refractivity contribution >= 4 is 23.1 Å². The summed E-state index contributed by atoms with van der Waals surface area (Å²) < 4.78 is 10.4. The van der Waals surface area contributed by atoms with Gasteiger partial charge in [-0.05, 0) is 18.1 Å². The fraction of sp³-hybridized carbons (Fsp3) is 0.357. The van der Waals surface area contributed by atoms with E-state index in [-0.39, 0.29) is 0 Å². The molecule has 0 fully saturated rings. The number of carboxylic acids is 1. The molecule has 0 aromatic heterocycles. The van der Waals surface area contributed by atoms with Crippen molar-refractivity contribution in [1.82, 2.24) is 0 Å². The summed E-state index contributed by atoms with van der Waals surface area (Å²) in [5.74, 6) is 0.0472. The first-order chi connectivity index (χ1) is 9.03. The fourth-order valence-electron chi connectivity index (χ4n) is 1.80. The number of rotatable bonds is 6. The van der Waals surface area contributed by atoms with E-state index in [0.29, 0.717) is 34.1 Å². The third-order valence-electron chi connectivity index (χ3n) is 2.64. The van der Waals surface area contributed by atoms with Gasteiger partial charge in [-0.1, -0.05) is 24.9 Å². The molecule has 1 aromatic rings. The molecule has 0 saturated carbocycles. The van der Waals surface area contributed by atoms with Crippen molar-refractivity contribution in [2.45, 2.75) is 19.8 Å². The van der Waals surface area contributed by atoms with Gasteiger partial charge in [-0.15, -0.1) is 0 Å². The maximum atomic E-state index is 10.9. The van der Waals surface area contributed by atoms with Crippen LogP contribution in [0.2, 0.25) is 5.02 Å². The maximum Gasteiger partial charge on any atom is 0.328 e. The quantitative estimate of drug-likeness (QED) is 0.811. The van der Waals surface area contributed by atoms with E-state index in [1.807, 2.05) is 6.92 Å². The highest BCUT2D eigenvalue weighted by Crippen LogP contribution is 2.37. The zero-order chi connectivity index (χ0) is 14.4. The van der Waals surface area contributed by atoms with Crippen LogP contribution in [0.15, 0.2) is 18.2 Å². The predicted octanol–water partition coefficient (Wildman–Crippen LogP) is 3.63. The Kier molecular flexibility index (Phi) is 5.70. The van der Waals surface area contributed by atoms with E-state index in [1.54, 1.807) is 12.1 Å². The van der Waals surface area contributed by atoms with Crippen LogP contribution in [0.1, 0.15) is 25.3 Å². The summed E-state index contributed by atoms with van der Waals surface area (Å²) in [5, 5.41) is 9.36. The third kappa shape index (κ3) is 3.89. The van der Waals surface area contributed by atoms with Crippen LogP contribution in [0.3, 0.4) is 0 Å². The molecule has 1 aromatic carbocycles. The zero-order valence-corrected chi connectivity index (χ0v) is 12.0. The van der Waals surface area contributed by atoms with Crippen LogP contribution >= 0.6 is 11.6 Å². The Morgan fingerprint density at radius 1 is 1.32 bits per heavy atom. The summed E-state index contributed by atoms with van der Waals surface area (Å²) in [7, 11) is 3.05. The molecule has 4 nitrogen and oxygen atoms in total. The highest BCUT2D eigenvalue weighted by Gasteiger charge is 2.13. The Morgan fingerprint density at radius 2 is 1.89 bits per heavy atom. The molecule has 0 unspecified atom stereocenters. The van der Waals surface area contributed by atoms with Crippen molar-refractivity contribution in [3.8, 4) is 11.5 Å². The van der Waals surface area contributed by atoms with Crippen LogP contribution in [0.25, 0.3) is 5.57 Å². The number of aliphatic carboxylic acids is 1. The minimum absolute atomic E-state index is 0.443. The van der Waals surface area contributed by atoms with Crippen molar-refractivity contribution < 1.29 is 19.4 Å². The van der Waals surface area contributed by atoms with Gasteiger partial charge in [0.25, 0.3) is 0 Å². The van der Waals surface area contributed by atoms with E-state index in [0.717, 1.165) is 6.42 Å². The molecule has 0 aliphatic carbocycles. The van der Waals surface area contributed by atoms with Crippen LogP contribution in [0.5, 0.6) is 11.5 Å². The van der Waals surface area contributed by atoms with Gasteiger partial charge in [0.15, 0.2) is 11.5 Å². The van der Waals surface area contributed by atoms with Gasteiger partial charge in [0.1, 0.15) is 0 Å². The highest BCUT2D eigenvalue weighted by atomic mass is 35.5. The number of benzene rings is 1. The Morgan fingerprint density at radius 3 is 2.37 bits per heavy atom. The lowest BCUT2D eigenvalue weighted by Gasteiger charge is -2.13. The van der Waals surface area contributed by atoms with Gasteiger partial charge in [0.05, 0.1) is 19.2 Å². The molecule has 0 aliphatic heterocycles. The number of ether oxygens (including phenoxy) is 2. The topological polar surface area (TPSA) is 55.8 Å². The van der Waals surface area contributed by atoms with Crippen molar-refractivity contribution in [2.24, 2.45) is 0 Å². The van der Waals surface area contributed by atoms with Crippen molar-refractivity contribution in [2.75, 3.05) is 14.2 Å². The summed E-state index contributed by atoms with van der Waals surface area (Å²) in [4.78, 5) is 10.9. The van der Waals surface area contributed by atoms with Gasteiger partial charge in [0, 0.05) is 17.7 Å². The summed E-state index contributed by atoms with van der Waals surface area (Å²) in [6.45, 7) is 1.98. The molecular weight excluding hydrogens is 268 g/mol. The molecule has 104 valence electrons. The molecule has 1 rings (SSSR count). The number of hydrogen-bond donors (Lipinski definition) is 1. The molecule has 0 heterocycles. The smallest absolute Gasteiger partial charge is 0.328 e. The van der Waals surface area contributed by atoms with Gasteiger partial charge in [-0.3, -0.25) is 0 Å². The largest absolute Gasteiger partial charge is 0.493 e. The summed E-state index contributed by atoms with van der Waals surface area (Å²) >= 11 is 6.18. The average Bonchev–Trinajstić information content (AvgIpc) is 2.37. The number of allylic oxidation sites excluding steroid dienone is 1. The first kappa shape index (κ1) is 15.4. The number of halogens is 1. The van der Waals surface area contributed by atoms with Crippen molar-refractivity contribution in [3.05, 3.63) is 28.8 Å². The van der Waals surface area contributed by atoms with Gasteiger partial charge < -0.3 is 14.6 Å². The highest BCUT2D eigenvalue weighted by molar-refractivity contribution is 6.32. The number of hydrogen-bond acceptors (Lipinski definition) is 3. The lowest BCUT2D eigenvalue weighted by molar-refractivity contribution is -0.131. The Labute approximate surface area is 117 Å². The van der Waals surface area contributed by atoms with E-state index in [2.05, 4.69) is 0 Å². The third-order valence-corrected chi connectivity index (χ3v) is 2.95. The van der Waals surface area contributed by atoms with Crippen molar-refractivity contribution in [1.29, 1.82) is 0 Å². The first-order valence-corrected chi connectivity index (χ1v) is 6.26. The maximum absolute atomic E-state index is 10.9. The summed E-state index contributed by atoms with van der Waals surface area (Å²) in [5.41, 5.74) is 1.32. The van der Waals surface area contributed by atoms with E-state index < -0.39 is 5.97 Å². The van der Waals surface area contributed by atoms with Crippen molar-refractivity contribution in [3.63, 3.8) is 0 Å².